The van der Waals surface area contributed by atoms with E-state index >= 15 is 0 Å². The molecule has 0 unspecified atom stereocenters. The molecule has 2 aromatic rings. The summed E-state index contributed by atoms with van der Waals surface area (Å²) in [6.07, 6.45) is 1.68. The van der Waals surface area contributed by atoms with Crippen molar-refractivity contribution in [3.63, 3.8) is 0 Å². The Morgan fingerprint density at radius 3 is 2.73 bits per heavy atom. The summed E-state index contributed by atoms with van der Waals surface area (Å²) in [7, 11) is 0. The van der Waals surface area contributed by atoms with E-state index in [4.69, 9.17) is 5.26 Å². The number of aromatic nitrogens is 2. The molecule has 0 saturated carbocycles. The van der Waals surface area contributed by atoms with Gasteiger partial charge in [0.1, 0.15) is 5.69 Å². The van der Waals surface area contributed by atoms with Crippen LogP contribution < -0.4 is 10.6 Å². The summed E-state index contributed by atoms with van der Waals surface area (Å²) in [6, 6.07) is 10.2. The number of anilines is 2. The normalized spacial score (nSPS) is 9.64. The van der Waals surface area contributed by atoms with Crippen LogP contribution in [0.1, 0.15) is 21.7 Å². The van der Waals surface area contributed by atoms with Crippen molar-refractivity contribution in [3.8, 4) is 6.07 Å². The topological polar surface area (TPSA) is 90.7 Å². The van der Waals surface area contributed by atoms with E-state index in [1.807, 2.05) is 6.07 Å². The van der Waals surface area contributed by atoms with Crippen molar-refractivity contribution in [2.24, 2.45) is 0 Å². The van der Waals surface area contributed by atoms with Crippen molar-refractivity contribution in [2.45, 2.75) is 6.92 Å². The van der Waals surface area contributed by atoms with Crippen LogP contribution in [0.4, 0.5) is 11.6 Å². The molecule has 0 aliphatic rings. The van der Waals surface area contributed by atoms with E-state index in [0.29, 0.717) is 29.4 Å². The van der Waals surface area contributed by atoms with Gasteiger partial charge in [-0.05, 0) is 37.3 Å². The summed E-state index contributed by atoms with van der Waals surface area (Å²) in [5.74, 6) is 0.0433. The highest BCUT2D eigenvalue weighted by atomic mass is 16.1. The van der Waals surface area contributed by atoms with Crippen LogP contribution in [-0.4, -0.2) is 22.4 Å². The van der Waals surface area contributed by atoms with E-state index in [0.717, 1.165) is 0 Å². The summed E-state index contributed by atoms with van der Waals surface area (Å²) in [5.41, 5.74) is 2.09. The summed E-state index contributed by atoms with van der Waals surface area (Å²) in [6.45, 7) is 5.91. The maximum Gasteiger partial charge on any atom is 0.274 e. The molecule has 2 rings (SSSR count). The average molecular weight is 293 g/mol. The van der Waals surface area contributed by atoms with Gasteiger partial charge in [0.05, 0.1) is 11.6 Å². The molecule has 2 N–H and O–H groups in total. The maximum atomic E-state index is 12.2. The first-order valence-corrected chi connectivity index (χ1v) is 6.64. The van der Waals surface area contributed by atoms with E-state index in [2.05, 4.69) is 27.2 Å². The largest absolute Gasteiger partial charge is 0.351 e. The smallest absolute Gasteiger partial charge is 0.274 e. The first kappa shape index (κ1) is 15.2. The van der Waals surface area contributed by atoms with Gasteiger partial charge in [0.25, 0.3) is 5.91 Å². The molecule has 0 radical (unpaired) electrons. The van der Waals surface area contributed by atoms with Crippen molar-refractivity contribution in [1.82, 2.24) is 9.97 Å². The lowest BCUT2D eigenvalue weighted by atomic mass is 10.2. The molecule has 0 atom stereocenters. The summed E-state index contributed by atoms with van der Waals surface area (Å²) in [4.78, 5) is 20.6. The highest BCUT2D eigenvalue weighted by Gasteiger charge is 2.10. The molecule has 0 fully saturated rings. The lowest BCUT2D eigenvalue weighted by molar-refractivity contribution is 0.102. The van der Waals surface area contributed by atoms with Crippen molar-refractivity contribution in [2.75, 3.05) is 17.2 Å². The number of carbonyl (C=O) groups excluding carboxylic acids is 1. The van der Waals surface area contributed by atoms with Crippen molar-refractivity contribution >= 4 is 17.5 Å². The Balaban J connectivity index is 2.16. The van der Waals surface area contributed by atoms with Crippen molar-refractivity contribution in [1.29, 1.82) is 5.26 Å². The van der Waals surface area contributed by atoms with Gasteiger partial charge in [-0.1, -0.05) is 6.08 Å². The summed E-state index contributed by atoms with van der Waals surface area (Å²) < 4.78 is 0. The monoisotopic (exact) mass is 293 g/mol. The highest BCUT2D eigenvalue weighted by Crippen LogP contribution is 2.11. The number of nitrogens with zero attached hydrogens (tertiary/aromatic N) is 3. The summed E-state index contributed by atoms with van der Waals surface area (Å²) in [5, 5.41) is 14.4. The average Bonchev–Trinajstić information content (AvgIpc) is 2.53. The molecule has 1 aromatic heterocycles. The zero-order valence-corrected chi connectivity index (χ0v) is 12.1. The van der Waals surface area contributed by atoms with Crippen LogP contribution in [0.15, 0.2) is 43.0 Å². The first-order valence-electron chi connectivity index (χ1n) is 6.64. The molecule has 6 heteroatoms. The van der Waals surface area contributed by atoms with E-state index in [1.54, 1.807) is 43.3 Å². The quantitative estimate of drug-likeness (QED) is 0.826. The minimum Gasteiger partial charge on any atom is -0.351 e. The standard InChI is InChI=1S/C16H15N5O/c1-3-8-18-16-19-11(2)9-14(21-16)15(22)20-13-6-4-12(10-17)5-7-13/h3-7,9H,1,8H2,2H3,(H,20,22)(H,18,19,21). The number of benzene rings is 1. The number of amides is 1. The maximum absolute atomic E-state index is 12.2. The Labute approximate surface area is 128 Å². The van der Waals surface area contributed by atoms with Gasteiger partial charge >= 0.3 is 0 Å². The predicted molar refractivity (Wildman–Crippen MR) is 84.6 cm³/mol. The number of hydrogen-bond donors (Lipinski definition) is 2. The molecule has 1 aromatic carbocycles. The van der Waals surface area contributed by atoms with Gasteiger partial charge < -0.3 is 10.6 Å². The number of rotatable bonds is 5. The number of aryl methyl sites for hydroxylation is 1. The van der Waals surface area contributed by atoms with Gasteiger partial charge in [0, 0.05) is 17.9 Å². The van der Waals surface area contributed by atoms with Crippen LogP contribution >= 0.6 is 0 Å². The van der Waals surface area contributed by atoms with Crippen molar-refractivity contribution in [3.05, 3.63) is 59.9 Å². The fraction of sp³-hybridized carbons (Fsp3) is 0.125. The lowest BCUT2D eigenvalue weighted by Crippen LogP contribution is -2.16. The van der Waals surface area contributed by atoms with Crippen LogP contribution in [0, 0.1) is 18.3 Å². The van der Waals surface area contributed by atoms with Crippen LogP contribution in [0.5, 0.6) is 0 Å². The minimum atomic E-state index is -0.336. The Bertz CT molecular complexity index is 731. The molecule has 22 heavy (non-hydrogen) atoms. The molecular formula is C16H15N5O. The molecule has 0 spiro atoms. The van der Waals surface area contributed by atoms with Crippen LogP contribution in [0.3, 0.4) is 0 Å². The Morgan fingerprint density at radius 1 is 1.36 bits per heavy atom. The number of carbonyl (C=O) groups is 1. The van der Waals surface area contributed by atoms with Crippen LogP contribution in [-0.2, 0) is 0 Å². The lowest BCUT2D eigenvalue weighted by Gasteiger charge is -2.08. The first-order chi connectivity index (χ1) is 10.6. The Kier molecular flexibility index (Phi) is 4.83. The fourth-order valence-corrected chi connectivity index (χ4v) is 1.75. The molecular weight excluding hydrogens is 278 g/mol. The van der Waals surface area contributed by atoms with Crippen molar-refractivity contribution < 1.29 is 4.79 Å². The van der Waals surface area contributed by atoms with Gasteiger partial charge in [0.2, 0.25) is 5.95 Å². The highest BCUT2D eigenvalue weighted by molar-refractivity contribution is 6.03. The predicted octanol–water partition coefficient (Wildman–Crippen LogP) is 2.51. The zero-order valence-electron chi connectivity index (χ0n) is 12.1. The zero-order chi connectivity index (χ0) is 15.9. The molecule has 1 heterocycles. The van der Waals surface area contributed by atoms with Gasteiger partial charge in [-0.2, -0.15) is 5.26 Å². The SMILES string of the molecule is C=CCNc1nc(C)cc(C(=O)Nc2ccc(C#N)cc2)n1. The third kappa shape index (κ3) is 3.90. The molecule has 0 aliphatic carbocycles. The molecule has 0 bridgehead atoms. The van der Waals surface area contributed by atoms with E-state index in [-0.39, 0.29) is 11.6 Å². The molecule has 110 valence electrons. The number of hydrogen-bond acceptors (Lipinski definition) is 5. The third-order valence-corrected chi connectivity index (χ3v) is 2.76. The molecule has 0 saturated heterocycles. The van der Waals surface area contributed by atoms with Gasteiger partial charge in [0.15, 0.2) is 0 Å². The van der Waals surface area contributed by atoms with Crippen LogP contribution in [0.2, 0.25) is 0 Å². The van der Waals surface area contributed by atoms with E-state index < -0.39 is 0 Å². The fourth-order valence-electron chi connectivity index (χ4n) is 1.75. The van der Waals surface area contributed by atoms with E-state index in [1.165, 1.54) is 0 Å². The Hall–Kier alpha value is -3.20. The van der Waals surface area contributed by atoms with Gasteiger partial charge in [-0.15, -0.1) is 6.58 Å². The third-order valence-electron chi connectivity index (χ3n) is 2.76. The van der Waals surface area contributed by atoms with E-state index in [9.17, 15) is 4.79 Å². The molecule has 0 aliphatic heterocycles. The molecule has 1 amide bonds. The number of nitriles is 1. The number of nitrogens with one attached hydrogen (secondary N) is 2. The van der Waals surface area contributed by atoms with Gasteiger partial charge in [-0.3, -0.25) is 4.79 Å². The second-order valence-electron chi connectivity index (χ2n) is 4.53. The minimum absolute atomic E-state index is 0.267. The molecule has 6 nitrogen and oxygen atoms in total. The Morgan fingerprint density at radius 2 is 2.09 bits per heavy atom. The summed E-state index contributed by atoms with van der Waals surface area (Å²) >= 11 is 0. The van der Waals surface area contributed by atoms with Crippen LogP contribution in [0.25, 0.3) is 0 Å². The second kappa shape index (κ2) is 6.99. The van der Waals surface area contributed by atoms with Gasteiger partial charge in [-0.25, -0.2) is 9.97 Å². The second-order valence-corrected chi connectivity index (χ2v) is 4.53.